The van der Waals surface area contributed by atoms with E-state index in [1.165, 1.54) is 0 Å². The fourth-order valence-corrected chi connectivity index (χ4v) is 3.34. The molecule has 0 saturated carbocycles. The van der Waals surface area contributed by atoms with Gasteiger partial charge in [0.05, 0.1) is 11.0 Å². The Morgan fingerprint density at radius 3 is 2.64 bits per heavy atom. The number of aromatic amines is 1. The minimum Gasteiger partial charge on any atom is -0.351 e. The van der Waals surface area contributed by atoms with Crippen LogP contribution in [0, 0.1) is 0 Å². The maximum absolute atomic E-state index is 5.98. The smallest absolute Gasteiger partial charge is 0.155 e. The van der Waals surface area contributed by atoms with E-state index in [1.54, 1.807) is 6.20 Å². The molecule has 4 nitrogen and oxygen atoms in total. The van der Waals surface area contributed by atoms with E-state index in [2.05, 4.69) is 21.4 Å². The van der Waals surface area contributed by atoms with Crippen LogP contribution < -0.4 is 5.32 Å². The summed E-state index contributed by atoms with van der Waals surface area (Å²) in [6.45, 7) is 0. The molecule has 0 amide bonds. The fourth-order valence-electron chi connectivity index (χ4n) is 3.21. The second-order valence-corrected chi connectivity index (χ2v) is 6.34. The number of hydrogen-bond donors (Lipinski definition) is 2. The van der Waals surface area contributed by atoms with Crippen LogP contribution in [0.2, 0.25) is 5.02 Å². The molecule has 0 atom stereocenters. The molecule has 0 aliphatic heterocycles. The third-order valence-electron chi connectivity index (χ3n) is 4.35. The normalized spacial score (nSPS) is 11.4. The minimum atomic E-state index is 0.707. The first-order chi connectivity index (χ1) is 12.3. The molecule has 2 aromatic carbocycles. The lowest BCUT2D eigenvalue weighted by atomic mass is 10.1. The monoisotopic (exact) mass is 344 g/mol. The van der Waals surface area contributed by atoms with Crippen molar-refractivity contribution in [2.24, 2.45) is 0 Å². The molecule has 3 aromatic heterocycles. The highest BCUT2D eigenvalue weighted by Gasteiger charge is 2.14. The zero-order valence-corrected chi connectivity index (χ0v) is 13.9. The third kappa shape index (κ3) is 2.30. The highest BCUT2D eigenvalue weighted by molar-refractivity contribution is 6.30. The van der Waals surface area contributed by atoms with Gasteiger partial charge in [-0.05, 0) is 36.4 Å². The van der Waals surface area contributed by atoms with Crippen LogP contribution in [0.3, 0.4) is 0 Å². The number of fused-ring (bicyclic) bond motifs is 5. The van der Waals surface area contributed by atoms with E-state index in [0.717, 1.165) is 44.2 Å². The first kappa shape index (κ1) is 14.3. The molecule has 5 heteroatoms. The topological polar surface area (TPSA) is 53.6 Å². The van der Waals surface area contributed by atoms with Gasteiger partial charge < -0.3 is 10.3 Å². The van der Waals surface area contributed by atoms with E-state index in [-0.39, 0.29) is 0 Å². The number of anilines is 2. The molecule has 3 heterocycles. The van der Waals surface area contributed by atoms with Crippen LogP contribution in [0.25, 0.3) is 32.7 Å². The summed E-state index contributed by atoms with van der Waals surface area (Å²) in [5, 5.41) is 7.45. The SMILES string of the molecule is Clc1ccc(Nc2nc3ccccc3c3c2[nH]c2ccncc23)cc1. The largest absolute Gasteiger partial charge is 0.351 e. The van der Waals surface area contributed by atoms with Crippen LogP contribution in [0.5, 0.6) is 0 Å². The van der Waals surface area contributed by atoms with Gasteiger partial charge in [-0.25, -0.2) is 4.98 Å². The molecule has 0 fully saturated rings. The van der Waals surface area contributed by atoms with Crippen molar-refractivity contribution in [1.82, 2.24) is 15.0 Å². The Labute approximate surface area is 148 Å². The lowest BCUT2D eigenvalue weighted by Gasteiger charge is -2.09. The van der Waals surface area contributed by atoms with Crippen molar-refractivity contribution in [3.63, 3.8) is 0 Å². The van der Waals surface area contributed by atoms with Gasteiger partial charge in [0, 0.05) is 44.8 Å². The Morgan fingerprint density at radius 1 is 0.920 bits per heavy atom. The van der Waals surface area contributed by atoms with Crippen LogP contribution in [0.4, 0.5) is 11.5 Å². The predicted octanol–water partition coefficient (Wildman–Crippen LogP) is 5.66. The molecule has 120 valence electrons. The molecule has 0 saturated heterocycles. The van der Waals surface area contributed by atoms with Crippen molar-refractivity contribution in [3.8, 4) is 0 Å². The van der Waals surface area contributed by atoms with Crippen molar-refractivity contribution in [1.29, 1.82) is 0 Å². The third-order valence-corrected chi connectivity index (χ3v) is 4.60. The Bertz CT molecular complexity index is 1230. The van der Waals surface area contributed by atoms with Gasteiger partial charge in [-0.3, -0.25) is 4.98 Å². The first-order valence-electron chi connectivity index (χ1n) is 7.96. The number of hydrogen-bond acceptors (Lipinski definition) is 3. The van der Waals surface area contributed by atoms with Crippen LogP contribution in [-0.4, -0.2) is 15.0 Å². The van der Waals surface area contributed by atoms with E-state index < -0.39 is 0 Å². The first-order valence-corrected chi connectivity index (χ1v) is 8.34. The summed E-state index contributed by atoms with van der Waals surface area (Å²) in [4.78, 5) is 12.6. The molecule has 0 unspecified atom stereocenters. The van der Waals surface area contributed by atoms with E-state index in [1.807, 2.05) is 54.7 Å². The Hall–Kier alpha value is -3.11. The number of benzene rings is 2. The number of rotatable bonds is 2. The molecule has 0 spiro atoms. The molecular weight excluding hydrogens is 332 g/mol. The van der Waals surface area contributed by atoms with Crippen LogP contribution >= 0.6 is 11.6 Å². The molecule has 25 heavy (non-hydrogen) atoms. The van der Waals surface area contributed by atoms with Crippen molar-refractivity contribution in [3.05, 3.63) is 72.0 Å². The lowest BCUT2D eigenvalue weighted by Crippen LogP contribution is -1.95. The Morgan fingerprint density at radius 2 is 1.76 bits per heavy atom. The van der Waals surface area contributed by atoms with Gasteiger partial charge in [0.15, 0.2) is 5.82 Å². The zero-order chi connectivity index (χ0) is 16.8. The maximum Gasteiger partial charge on any atom is 0.155 e. The quantitative estimate of drug-likeness (QED) is 0.434. The van der Waals surface area contributed by atoms with Gasteiger partial charge in [0.2, 0.25) is 0 Å². The molecular formula is C20H13ClN4. The molecule has 0 bridgehead atoms. The molecule has 0 aliphatic carbocycles. The highest BCUT2D eigenvalue weighted by Crippen LogP contribution is 2.35. The lowest BCUT2D eigenvalue weighted by molar-refractivity contribution is 1.35. The number of aromatic nitrogens is 3. The predicted molar refractivity (Wildman–Crippen MR) is 104 cm³/mol. The summed E-state index contributed by atoms with van der Waals surface area (Å²) in [7, 11) is 0. The van der Waals surface area contributed by atoms with Gasteiger partial charge in [-0.1, -0.05) is 29.8 Å². The summed E-state index contributed by atoms with van der Waals surface area (Å²) in [5.41, 5.74) is 3.89. The molecule has 0 radical (unpaired) electrons. The van der Waals surface area contributed by atoms with Crippen LogP contribution in [0.15, 0.2) is 67.0 Å². The molecule has 0 aliphatic rings. The van der Waals surface area contributed by atoms with Gasteiger partial charge >= 0.3 is 0 Å². The molecule has 5 rings (SSSR count). The number of pyridine rings is 2. The molecule has 5 aromatic rings. The number of halogens is 1. The summed E-state index contributed by atoms with van der Waals surface area (Å²) in [6, 6.07) is 17.7. The average Bonchev–Trinajstić information content (AvgIpc) is 3.04. The van der Waals surface area contributed by atoms with Crippen molar-refractivity contribution in [2.45, 2.75) is 0 Å². The maximum atomic E-state index is 5.98. The number of nitrogens with zero attached hydrogens (tertiary/aromatic N) is 2. The highest BCUT2D eigenvalue weighted by atomic mass is 35.5. The van der Waals surface area contributed by atoms with Crippen LogP contribution in [0.1, 0.15) is 0 Å². The standard InChI is InChI=1S/C20H13ClN4/c21-12-5-7-13(8-6-12)23-20-19-18(14-3-1-2-4-16(14)25-20)15-11-22-10-9-17(15)24-19/h1-11,24H,(H,23,25). The van der Waals surface area contributed by atoms with E-state index in [4.69, 9.17) is 16.6 Å². The summed E-state index contributed by atoms with van der Waals surface area (Å²) in [6.07, 6.45) is 3.69. The summed E-state index contributed by atoms with van der Waals surface area (Å²) >= 11 is 5.98. The van der Waals surface area contributed by atoms with Crippen LogP contribution in [-0.2, 0) is 0 Å². The van der Waals surface area contributed by atoms with Gasteiger partial charge in [-0.2, -0.15) is 0 Å². The zero-order valence-electron chi connectivity index (χ0n) is 13.1. The van der Waals surface area contributed by atoms with Gasteiger partial charge in [-0.15, -0.1) is 0 Å². The molecule has 2 N–H and O–H groups in total. The van der Waals surface area contributed by atoms with Crippen molar-refractivity contribution in [2.75, 3.05) is 5.32 Å². The average molecular weight is 345 g/mol. The number of H-pyrrole nitrogens is 1. The summed E-state index contributed by atoms with van der Waals surface area (Å²) < 4.78 is 0. The van der Waals surface area contributed by atoms with Gasteiger partial charge in [0.25, 0.3) is 0 Å². The van der Waals surface area contributed by atoms with E-state index >= 15 is 0 Å². The van der Waals surface area contributed by atoms with Crippen molar-refractivity contribution < 1.29 is 0 Å². The van der Waals surface area contributed by atoms with Gasteiger partial charge in [0.1, 0.15) is 0 Å². The number of para-hydroxylation sites is 1. The second kappa shape index (κ2) is 5.46. The fraction of sp³-hybridized carbons (Fsp3) is 0. The van der Waals surface area contributed by atoms with Crippen molar-refractivity contribution >= 4 is 55.8 Å². The van der Waals surface area contributed by atoms with E-state index in [9.17, 15) is 0 Å². The minimum absolute atomic E-state index is 0.707. The Kier molecular flexibility index (Phi) is 3.11. The second-order valence-electron chi connectivity index (χ2n) is 5.91. The van der Waals surface area contributed by atoms with E-state index in [0.29, 0.717) is 5.02 Å². The Balaban J connectivity index is 1.83. The number of nitrogens with one attached hydrogen (secondary N) is 2. The summed E-state index contributed by atoms with van der Waals surface area (Å²) in [5.74, 6) is 0.784.